The number of hydrogen-bond donors (Lipinski definition) is 2. The molecule has 0 fully saturated rings. The van der Waals surface area contributed by atoms with Gasteiger partial charge in [0.1, 0.15) is 5.82 Å². The smallest absolute Gasteiger partial charge is 0.362 e. The number of halogens is 5. The molecule has 0 amide bonds. The second-order valence-corrected chi connectivity index (χ2v) is 6.41. The van der Waals surface area contributed by atoms with E-state index in [9.17, 15) is 17.6 Å². The second kappa shape index (κ2) is 8.13. The van der Waals surface area contributed by atoms with Gasteiger partial charge in [-0.1, -0.05) is 6.07 Å². The molecule has 0 aliphatic heterocycles. The Bertz CT molecular complexity index is 760. The van der Waals surface area contributed by atoms with E-state index in [1.54, 1.807) is 19.1 Å². The first-order valence-corrected chi connectivity index (χ1v) is 8.49. The molecule has 0 bridgehead atoms. The van der Waals surface area contributed by atoms with Crippen molar-refractivity contribution < 1.29 is 17.6 Å². The molecule has 0 atom stereocenters. The van der Waals surface area contributed by atoms with E-state index in [4.69, 9.17) is 12.2 Å². The average molecular weight is 439 g/mol. The largest absolute Gasteiger partial charge is 0.436 e. The number of hydrogen-bond acceptors (Lipinski definition) is 2. The Morgan fingerprint density at radius 2 is 2.08 bits per heavy atom. The van der Waals surface area contributed by atoms with Gasteiger partial charge in [0.2, 0.25) is 0 Å². The standard InChI is InChI=1S/C15H15BrF4N4S/c1-9-12(16)13(15(18,19)20)23-24(9)7-3-6-21-14(25)22-11-5-2-4-10(17)8-11/h2,4-5,8H,3,6-7H2,1H3,(H2,21,22,25). The zero-order valence-corrected chi connectivity index (χ0v) is 15.5. The van der Waals surface area contributed by atoms with Crippen molar-refractivity contribution in [3.05, 3.63) is 45.9 Å². The van der Waals surface area contributed by atoms with Gasteiger partial charge in [-0.3, -0.25) is 4.68 Å². The van der Waals surface area contributed by atoms with Gasteiger partial charge in [-0.15, -0.1) is 0 Å². The van der Waals surface area contributed by atoms with E-state index in [1.165, 1.54) is 16.8 Å². The van der Waals surface area contributed by atoms with E-state index in [2.05, 4.69) is 31.7 Å². The number of thiocarbonyl (C=S) groups is 1. The second-order valence-electron chi connectivity index (χ2n) is 5.21. The molecular formula is C15H15BrF4N4S. The van der Waals surface area contributed by atoms with Crippen molar-refractivity contribution >= 4 is 38.9 Å². The Labute approximate surface area is 155 Å². The highest BCUT2D eigenvalue weighted by molar-refractivity contribution is 9.10. The summed E-state index contributed by atoms with van der Waals surface area (Å²) in [5.41, 5.74) is -0.00629. The van der Waals surface area contributed by atoms with E-state index in [0.29, 0.717) is 36.0 Å². The first-order valence-electron chi connectivity index (χ1n) is 7.29. The average Bonchev–Trinajstić information content (AvgIpc) is 2.80. The molecule has 0 saturated carbocycles. The number of nitrogens with zero attached hydrogens (tertiary/aromatic N) is 2. The molecule has 2 rings (SSSR count). The van der Waals surface area contributed by atoms with Crippen molar-refractivity contribution in [2.24, 2.45) is 0 Å². The molecule has 0 saturated heterocycles. The van der Waals surface area contributed by atoms with Gasteiger partial charge in [-0.05, 0) is 59.7 Å². The minimum absolute atomic E-state index is 0.0451. The van der Waals surface area contributed by atoms with Crippen LogP contribution in [-0.4, -0.2) is 21.4 Å². The van der Waals surface area contributed by atoms with Crippen LogP contribution < -0.4 is 10.6 Å². The zero-order valence-electron chi connectivity index (χ0n) is 13.1. The quantitative estimate of drug-likeness (QED) is 0.410. The van der Waals surface area contributed by atoms with Crippen LogP contribution in [0.1, 0.15) is 17.8 Å². The van der Waals surface area contributed by atoms with Crippen LogP contribution >= 0.6 is 28.1 Å². The maximum Gasteiger partial charge on any atom is 0.436 e. The summed E-state index contributed by atoms with van der Waals surface area (Å²) in [5, 5.41) is 9.65. The fourth-order valence-electron chi connectivity index (χ4n) is 2.10. The van der Waals surface area contributed by atoms with Gasteiger partial charge in [-0.25, -0.2) is 4.39 Å². The van der Waals surface area contributed by atoms with Crippen LogP contribution in [0.15, 0.2) is 28.7 Å². The van der Waals surface area contributed by atoms with E-state index in [1.807, 2.05) is 0 Å². The van der Waals surface area contributed by atoms with Crippen LogP contribution in [0.5, 0.6) is 0 Å². The van der Waals surface area contributed by atoms with Gasteiger partial charge in [0, 0.05) is 18.8 Å². The van der Waals surface area contributed by atoms with Crippen LogP contribution in [0.3, 0.4) is 0 Å². The topological polar surface area (TPSA) is 41.9 Å². The lowest BCUT2D eigenvalue weighted by molar-refractivity contribution is -0.142. The summed E-state index contributed by atoms with van der Waals surface area (Å²) in [6.07, 6.45) is -3.99. The van der Waals surface area contributed by atoms with Crippen molar-refractivity contribution in [1.82, 2.24) is 15.1 Å². The first kappa shape index (κ1) is 19.6. The Hall–Kier alpha value is -1.68. The van der Waals surface area contributed by atoms with Crippen molar-refractivity contribution in [1.29, 1.82) is 0 Å². The molecule has 0 aliphatic rings. The Kier molecular flexibility index (Phi) is 6.39. The molecular weight excluding hydrogens is 424 g/mol. The summed E-state index contributed by atoms with van der Waals surface area (Å²) < 4.78 is 52.7. The lowest BCUT2D eigenvalue weighted by Gasteiger charge is -2.11. The minimum atomic E-state index is -4.50. The third-order valence-corrected chi connectivity index (χ3v) is 4.51. The molecule has 25 heavy (non-hydrogen) atoms. The molecule has 1 aromatic heterocycles. The predicted molar refractivity (Wildman–Crippen MR) is 94.9 cm³/mol. The van der Waals surface area contributed by atoms with Crippen molar-refractivity contribution in [2.75, 3.05) is 11.9 Å². The SMILES string of the molecule is Cc1c(Br)c(C(F)(F)F)nn1CCCNC(=S)Nc1cccc(F)c1. The molecule has 1 aromatic carbocycles. The van der Waals surface area contributed by atoms with Gasteiger partial charge < -0.3 is 10.6 Å². The molecule has 2 aromatic rings. The van der Waals surface area contributed by atoms with Gasteiger partial charge in [-0.2, -0.15) is 18.3 Å². The molecule has 2 N–H and O–H groups in total. The fourth-order valence-corrected chi connectivity index (χ4v) is 2.82. The number of benzene rings is 1. The number of anilines is 1. The number of rotatable bonds is 5. The molecule has 136 valence electrons. The van der Waals surface area contributed by atoms with Gasteiger partial charge in [0.15, 0.2) is 10.8 Å². The molecule has 0 aliphatic carbocycles. The number of aromatic nitrogens is 2. The minimum Gasteiger partial charge on any atom is -0.362 e. The van der Waals surface area contributed by atoms with Crippen LogP contribution in [0.4, 0.5) is 23.2 Å². The van der Waals surface area contributed by atoms with Crippen LogP contribution in [0.25, 0.3) is 0 Å². The maximum atomic E-state index is 13.1. The van der Waals surface area contributed by atoms with Gasteiger partial charge in [0.05, 0.1) is 10.2 Å². The molecule has 0 spiro atoms. The highest BCUT2D eigenvalue weighted by Gasteiger charge is 2.37. The molecule has 10 heteroatoms. The summed E-state index contributed by atoms with van der Waals surface area (Å²) in [5.74, 6) is -0.381. The third kappa shape index (κ3) is 5.40. The van der Waals surface area contributed by atoms with E-state index in [0.717, 1.165) is 0 Å². The first-order chi connectivity index (χ1) is 11.7. The predicted octanol–water partition coefficient (Wildman–Crippen LogP) is 4.49. The Morgan fingerprint density at radius 1 is 1.36 bits per heavy atom. The van der Waals surface area contributed by atoms with E-state index in [-0.39, 0.29) is 10.3 Å². The summed E-state index contributed by atoms with van der Waals surface area (Å²) >= 11 is 8.02. The fraction of sp³-hybridized carbons (Fsp3) is 0.333. The normalized spacial score (nSPS) is 11.4. The van der Waals surface area contributed by atoms with Crippen molar-refractivity contribution in [3.8, 4) is 0 Å². The lowest BCUT2D eigenvalue weighted by Crippen LogP contribution is -2.29. The van der Waals surface area contributed by atoms with Crippen molar-refractivity contribution in [3.63, 3.8) is 0 Å². The summed E-state index contributed by atoms with van der Waals surface area (Å²) in [4.78, 5) is 0. The van der Waals surface area contributed by atoms with E-state index < -0.39 is 11.9 Å². The highest BCUT2D eigenvalue weighted by Crippen LogP contribution is 2.35. The molecule has 1 heterocycles. The van der Waals surface area contributed by atoms with Gasteiger partial charge >= 0.3 is 6.18 Å². The summed E-state index contributed by atoms with van der Waals surface area (Å²) in [6.45, 7) is 2.30. The maximum absolute atomic E-state index is 13.1. The van der Waals surface area contributed by atoms with Crippen LogP contribution in [0, 0.1) is 12.7 Å². The monoisotopic (exact) mass is 438 g/mol. The zero-order chi connectivity index (χ0) is 18.6. The Morgan fingerprint density at radius 3 is 2.68 bits per heavy atom. The number of alkyl halides is 3. The lowest BCUT2D eigenvalue weighted by atomic mass is 10.3. The van der Waals surface area contributed by atoms with Crippen LogP contribution in [-0.2, 0) is 12.7 Å². The van der Waals surface area contributed by atoms with Gasteiger partial charge in [0.25, 0.3) is 0 Å². The molecule has 0 radical (unpaired) electrons. The molecule has 0 unspecified atom stereocenters. The third-order valence-electron chi connectivity index (χ3n) is 3.32. The summed E-state index contributed by atoms with van der Waals surface area (Å²) in [6, 6.07) is 5.84. The van der Waals surface area contributed by atoms with Crippen LogP contribution in [0.2, 0.25) is 0 Å². The highest BCUT2D eigenvalue weighted by atomic mass is 79.9. The summed E-state index contributed by atoms with van der Waals surface area (Å²) in [7, 11) is 0. The van der Waals surface area contributed by atoms with E-state index >= 15 is 0 Å². The van der Waals surface area contributed by atoms with Crippen molar-refractivity contribution in [2.45, 2.75) is 26.1 Å². The number of nitrogens with one attached hydrogen (secondary N) is 2. The Balaban J connectivity index is 1.82. The molecule has 4 nitrogen and oxygen atoms in total. The number of aryl methyl sites for hydroxylation is 1.